The van der Waals surface area contributed by atoms with Crippen LogP contribution in [0.15, 0.2) is 24.5 Å². The van der Waals surface area contributed by atoms with Gasteiger partial charge < -0.3 is 20.7 Å². The third kappa shape index (κ3) is 2.48. The van der Waals surface area contributed by atoms with E-state index in [9.17, 15) is 14.9 Å². The second-order valence-corrected chi connectivity index (χ2v) is 4.99. The van der Waals surface area contributed by atoms with Gasteiger partial charge in [-0.1, -0.05) is 11.1 Å². The molecule has 9 nitrogen and oxygen atoms in total. The molecule has 1 amide bonds. The third-order valence-corrected chi connectivity index (χ3v) is 3.57. The minimum absolute atomic E-state index is 0.102. The lowest BCUT2D eigenvalue weighted by molar-refractivity contribution is -0.394. The maximum Gasteiger partial charge on any atom is 0.490 e. The molecule has 1 aliphatic rings. The van der Waals surface area contributed by atoms with Crippen molar-refractivity contribution in [3.63, 3.8) is 0 Å². The molecule has 0 unspecified atom stereocenters. The van der Waals surface area contributed by atoms with Gasteiger partial charge in [-0.25, -0.2) is 0 Å². The Morgan fingerprint density at radius 2 is 2.27 bits per heavy atom. The number of fused-ring (bicyclic) bond motifs is 1. The van der Waals surface area contributed by atoms with Crippen molar-refractivity contribution in [1.29, 1.82) is 0 Å². The zero-order chi connectivity index (χ0) is 15.7. The summed E-state index contributed by atoms with van der Waals surface area (Å²) >= 11 is 0. The molecule has 0 saturated carbocycles. The highest BCUT2D eigenvalue weighted by Crippen LogP contribution is 2.31. The molecule has 0 saturated heterocycles. The fourth-order valence-electron chi connectivity index (χ4n) is 2.58. The highest BCUT2D eigenvalue weighted by Gasteiger charge is 2.25. The summed E-state index contributed by atoms with van der Waals surface area (Å²) in [5.74, 6) is -0.720. The molecule has 1 aromatic carbocycles. The number of aromatic nitrogens is 3. The van der Waals surface area contributed by atoms with Gasteiger partial charge in [0.25, 0.3) is 0 Å². The van der Waals surface area contributed by atoms with E-state index < -0.39 is 10.9 Å². The summed E-state index contributed by atoms with van der Waals surface area (Å²) in [6, 6.07) is 5.47. The Balaban J connectivity index is 1.81. The van der Waals surface area contributed by atoms with Gasteiger partial charge in [0.05, 0.1) is 0 Å². The molecule has 0 bridgehead atoms. The Labute approximate surface area is 125 Å². The summed E-state index contributed by atoms with van der Waals surface area (Å²) in [7, 11) is 0. The van der Waals surface area contributed by atoms with E-state index in [0.717, 1.165) is 24.1 Å². The molecule has 114 valence electrons. The molecule has 1 aliphatic heterocycles. The lowest BCUT2D eigenvalue weighted by Gasteiger charge is -2.30. The highest BCUT2D eigenvalue weighted by atomic mass is 16.6. The average molecular weight is 302 g/mol. The number of carbonyl (C=O) groups excluding carboxylic acids is 1. The van der Waals surface area contributed by atoms with E-state index in [1.165, 1.54) is 11.0 Å². The van der Waals surface area contributed by atoms with E-state index in [1.807, 2.05) is 12.1 Å². The first-order valence-corrected chi connectivity index (χ1v) is 6.78. The van der Waals surface area contributed by atoms with Gasteiger partial charge in [0.1, 0.15) is 6.54 Å². The predicted octanol–water partition coefficient (Wildman–Crippen LogP) is 0.748. The van der Waals surface area contributed by atoms with Crippen LogP contribution in [0.1, 0.15) is 12.0 Å². The third-order valence-electron chi connectivity index (χ3n) is 3.57. The number of nitrogens with zero attached hydrogens (tertiary/aromatic N) is 5. The zero-order valence-electron chi connectivity index (χ0n) is 11.7. The molecule has 9 heteroatoms. The van der Waals surface area contributed by atoms with Crippen LogP contribution >= 0.6 is 0 Å². The predicted molar refractivity (Wildman–Crippen MR) is 78.2 cm³/mol. The summed E-state index contributed by atoms with van der Waals surface area (Å²) in [6.45, 7) is 0.487. The van der Waals surface area contributed by atoms with Crippen molar-refractivity contribution in [2.24, 2.45) is 0 Å². The zero-order valence-corrected chi connectivity index (χ0v) is 11.7. The maximum absolute atomic E-state index is 12.4. The van der Waals surface area contributed by atoms with Crippen LogP contribution in [-0.4, -0.2) is 32.1 Å². The van der Waals surface area contributed by atoms with Crippen LogP contribution in [-0.2, 0) is 17.8 Å². The van der Waals surface area contributed by atoms with Crippen molar-refractivity contribution >= 4 is 23.2 Å². The maximum atomic E-state index is 12.4. The van der Waals surface area contributed by atoms with Gasteiger partial charge in [0, 0.05) is 23.0 Å². The number of nitro groups is 1. The summed E-state index contributed by atoms with van der Waals surface area (Å²) in [5.41, 5.74) is 8.39. The van der Waals surface area contributed by atoms with Crippen molar-refractivity contribution in [1.82, 2.24) is 14.8 Å². The average Bonchev–Trinajstić information content (AvgIpc) is 2.96. The first-order valence-electron chi connectivity index (χ1n) is 6.78. The van der Waals surface area contributed by atoms with Crippen molar-refractivity contribution < 1.29 is 9.72 Å². The molecular formula is C13H14N6O3. The number of nitrogens with two attached hydrogens (primary N) is 1. The van der Waals surface area contributed by atoms with Gasteiger partial charge in [0.2, 0.25) is 12.2 Å². The number of rotatable bonds is 3. The fraction of sp³-hybridized carbons (Fsp3) is 0.308. The van der Waals surface area contributed by atoms with E-state index in [-0.39, 0.29) is 12.5 Å². The minimum atomic E-state index is -0.697. The first-order chi connectivity index (χ1) is 10.6. The number of amides is 1. The highest BCUT2D eigenvalue weighted by molar-refractivity contribution is 5.95. The van der Waals surface area contributed by atoms with Gasteiger partial charge in [-0.3, -0.25) is 4.79 Å². The lowest BCUT2D eigenvalue weighted by Crippen LogP contribution is -2.38. The molecule has 2 N–H and O–H groups in total. The van der Waals surface area contributed by atoms with E-state index in [0.29, 0.717) is 12.2 Å². The van der Waals surface area contributed by atoms with Crippen molar-refractivity contribution in [2.75, 3.05) is 17.2 Å². The van der Waals surface area contributed by atoms with Gasteiger partial charge in [0.15, 0.2) is 0 Å². The Bertz CT molecular complexity index is 741. The lowest BCUT2D eigenvalue weighted by atomic mass is 10.00. The number of anilines is 2. The molecule has 0 radical (unpaired) electrons. The van der Waals surface area contributed by atoms with E-state index in [4.69, 9.17) is 5.73 Å². The number of hydrogen-bond donors (Lipinski definition) is 1. The van der Waals surface area contributed by atoms with Crippen molar-refractivity contribution in [3.8, 4) is 0 Å². The molecule has 1 aromatic heterocycles. The molecule has 0 atom stereocenters. The first kappa shape index (κ1) is 14.0. The van der Waals surface area contributed by atoms with E-state index in [2.05, 4.69) is 10.1 Å². The molecule has 2 aromatic rings. The van der Waals surface area contributed by atoms with Crippen LogP contribution in [0.5, 0.6) is 0 Å². The molecule has 0 fully saturated rings. The summed E-state index contributed by atoms with van der Waals surface area (Å²) in [5, 5.41) is 14.2. The van der Waals surface area contributed by atoms with Gasteiger partial charge in [-0.15, -0.1) is 0 Å². The Morgan fingerprint density at radius 3 is 3.00 bits per heavy atom. The van der Waals surface area contributed by atoms with Crippen molar-refractivity contribution in [2.45, 2.75) is 19.4 Å². The fourth-order valence-corrected chi connectivity index (χ4v) is 2.58. The Hall–Kier alpha value is -2.97. The second kappa shape index (κ2) is 5.43. The van der Waals surface area contributed by atoms with E-state index in [1.54, 1.807) is 11.0 Å². The number of nitrogen functional groups attached to an aromatic ring is 1. The summed E-state index contributed by atoms with van der Waals surface area (Å²) in [6.07, 6.45) is 2.84. The van der Waals surface area contributed by atoms with Gasteiger partial charge in [-0.2, -0.15) is 4.68 Å². The van der Waals surface area contributed by atoms with Crippen LogP contribution in [0.4, 0.5) is 17.3 Å². The van der Waals surface area contributed by atoms with Crippen LogP contribution in [0.25, 0.3) is 0 Å². The molecule has 0 spiro atoms. The largest absolute Gasteiger partial charge is 0.490 e. The number of benzene rings is 1. The SMILES string of the molecule is Nc1cccc2c1CCCN2C(=O)Cn1cnc([N+](=O)[O-])n1. The number of hydrogen-bond acceptors (Lipinski definition) is 6. The molecule has 3 rings (SSSR count). The van der Waals surface area contributed by atoms with Crippen LogP contribution < -0.4 is 10.6 Å². The molecule has 2 heterocycles. The molecule has 0 aliphatic carbocycles. The van der Waals surface area contributed by atoms with E-state index >= 15 is 0 Å². The minimum Gasteiger partial charge on any atom is -0.398 e. The smallest absolute Gasteiger partial charge is 0.398 e. The normalized spacial score (nSPS) is 13.7. The second-order valence-electron chi connectivity index (χ2n) is 4.99. The summed E-state index contributed by atoms with van der Waals surface area (Å²) in [4.78, 5) is 27.5. The van der Waals surface area contributed by atoms with Crippen LogP contribution in [0.2, 0.25) is 0 Å². The van der Waals surface area contributed by atoms with Gasteiger partial charge in [-0.05, 0) is 35.5 Å². The Morgan fingerprint density at radius 1 is 1.45 bits per heavy atom. The van der Waals surface area contributed by atoms with Crippen LogP contribution in [0.3, 0.4) is 0 Å². The monoisotopic (exact) mass is 302 g/mol. The standard InChI is InChI=1S/C13H14N6O3/c14-10-4-1-5-11-9(10)3-2-6-18(11)12(20)7-17-8-15-13(16-17)19(21)22/h1,4-5,8H,2-3,6-7,14H2. The topological polar surface area (TPSA) is 120 Å². The number of carbonyl (C=O) groups is 1. The molecule has 22 heavy (non-hydrogen) atoms. The molecular weight excluding hydrogens is 288 g/mol. The summed E-state index contributed by atoms with van der Waals surface area (Å²) < 4.78 is 1.17. The van der Waals surface area contributed by atoms with Crippen LogP contribution in [0, 0.1) is 10.1 Å². The van der Waals surface area contributed by atoms with Gasteiger partial charge >= 0.3 is 5.95 Å². The Kier molecular flexibility index (Phi) is 3.45. The van der Waals surface area contributed by atoms with Crippen molar-refractivity contribution in [3.05, 3.63) is 40.2 Å². The quantitative estimate of drug-likeness (QED) is 0.507.